The topological polar surface area (TPSA) is 38.3 Å². The van der Waals surface area contributed by atoms with E-state index in [-0.39, 0.29) is 23.1 Å². The molecule has 3 nitrogen and oxygen atoms in total. The van der Waals surface area contributed by atoms with Crippen LogP contribution in [0.25, 0.3) is 0 Å². The molecule has 0 aliphatic rings. The fraction of sp³-hybridized carbons (Fsp3) is 0.900. The van der Waals surface area contributed by atoms with Crippen molar-refractivity contribution < 1.29 is 9.53 Å². The first kappa shape index (κ1) is 13.8. The number of hydrogen-bond acceptors (Lipinski definition) is 3. The number of nitrogens with one attached hydrogen (secondary N) is 1. The van der Waals surface area contributed by atoms with Gasteiger partial charge in [0.15, 0.2) is 0 Å². The van der Waals surface area contributed by atoms with E-state index in [0.29, 0.717) is 13.2 Å². The first-order chi connectivity index (χ1) is 6.49. The third-order valence-corrected chi connectivity index (χ3v) is 2.69. The van der Waals surface area contributed by atoms with Crippen molar-refractivity contribution in [1.82, 2.24) is 5.32 Å². The van der Waals surface area contributed by atoms with E-state index in [1.54, 1.807) is 0 Å². The maximum atomic E-state index is 11.5. The summed E-state index contributed by atoms with van der Waals surface area (Å²) >= 11 is 4.23. The number of ether oxygens (including phenoxy) is 1. The Balaban J connectivity index is 3.81. The van der Waals surface area contributed by atoms with Crippen molar-refractivity contribution in [3.05, 3.63) is 0 Å². The van der Waals surface area contributed by atoms with Crippen molar-refractivity contribution >= 4 is 18.5 Å². The Kier molecular flexibility index (Phi) is 7.01. The van der Waals surface area contributed by atoms with Gasteiger partial charge in [0.2, 0.25) is 5.91 Å². The summed E-state index contributed by atoms with van der Waals surface area (Å²) in [5.74, 6) is 0.230. The van der Waals surface area contributed by atoms with Gasteiger partial charge in [0.1, 0.15) is 0 Å². The number of hydrogen-bond donors (Lipinski definition) is 2. The van der Waals surface area contributed by atoms with Gasteiger partial charge >= 0.3 is 0 Å². The number of carbonyl (C=O) groups is 1. The van der Waals surface area contributed by atoms with E-state index < -0.39 is 0 Å². The van der Waals surface area contributed by atoms with Gasteiger partial charge in [-0.3, -0.25) is 4.79 Å². The van der Waals surface area contributed by atoms with Crippen LogP contribution in [0.5, 0.6) is 0 Å². The second kappa shape index (κ2) is 7.12. The minimum Gasteiger partial charge on any atom is -0.380 e. The number of thiol groups is 1. The van der Waals surface area contributed by atoms with Gasteiger partial charge in [-0.1, -0.05) is 13.8 Å². The van der Waals surface area contributed by atoms with Gasteiger partial charge in [0, 0.05) is 12.6 Å². The first-order valence-electron chi connectivity index (χ1n) is 5.05. The van der Waals surface area contributed by atoms with E-state index in [1.165, 1.54) is 0 Å². The van der Waals surface area contributed by atoms with Crippen LogP contribution in [0.4, 0.5) is 0 Å². The van der Waals surface area contributed by atoms with Gasteiger partial charge < -0.3 is 10.1 Å². The van der Waals surface area contributed by atoms with E-state index in [0.717, 1.165) is 0 Å². The van der Waals surface area contributed by atoms with Crippen molar-refractivity contribution in [3.63, 3.8) is 0 Å². The Hall–Kier alpha value is -0.220. The van der Waals surface area contributed by atoms with Crippen LogP contribution in [-0.4, -0.2) is 30.4 Å². The third kappa shape index (κ3) is 5.50. The van der Waals surface area contributed by atoms with Crippen LogP contribution in [0.15, 0.2) is 0 Å². The summed E-state index contributed by atoms with van der Waals surface area (Å²) in [6, 6.07) is 0.0517. The lowest BCUT2D eigenvalue weighted by Crippen LogP contribution is -2.41. The Labute approximate surface area is 92.0 Å². The molecular weight excluding hydrogens is 198 g/mol. The zero-order valence-corrected chi connectivity index (χ0v) is 10.3. The van der Waals surface area contributed by atoms with Gasteiger partial charge in [-0.25, -0.2) is 0 Å². The summed E-state index contributed by atoms with van der Waals surface area (Å²) in [6.45, 7) is 9.04. The number of amides is 1. The van der Waals surface area contributed by atoms with Gasteiger partial charge in [-0.15, -0.1) is 0 Å². The molecule has 0 saturated heterocycles. The van der Waals surface area contributed by atoms with E-state index in [4.69, 9.17) is 4.74 Å². The molecule has 14 heavy (non-hydrogen) atoms. The minimum absolute atomic E-state index is 0.0180. The second-order valence-corrected chi connectivity index (χ2v) is 4.31. The monoisotopic (exact) mass is 219 g/mol. The van der Waals surface area contributed by atoms with Gasteiger partial charge in [-0.2, -0.15) is 12.6 Å². The average Bonchev–Trinajstić information content (AvgIpc) is 2.13. The summed E-state index contributed by atoms with van der Waals surface area (Å²) in [7, 11) is 0. The molecule has 0 fully saturated rings. The zero-order valence-electron chi connectivity index (χ0n) is 9.41. The van der Waals surface area contributed by atoms with Crippen LogP contribution in [0, 0.1) is 5.92 Å². The van der Waals surface area contributed by atoms with Crippen LogP contribution in [0.1, 0.15) is 27.7 Å². The van der Waals surface area contributed by atoms with Gasteiger partial charge in [-0.05, 0) is 19.8 Å². The van der Waals surface area contributed by atoms with Gasteiger partial charge in [0.05, 0.1) is 11.9 Å². The fourth-order valence-corrected chi connectivity index (χ4v) is 1.04. The molecule has 84 valence electrons. The maximum Gasteiger partial charge on any atom is 0.233 e. The van der Waals surface area contributed by atoms with Gasteiger partial charge in [0.25, 0.3) is 0 Å². The van der Waals surface area contributed by atoms with Crippen LogP contribution >= 0.6 is 12.6 Å². The Morgan fingerprint density at radius 3 is 2.43 bits per heavy atom. The second-order valence-electron chi connectivity index (χ2n) is 3.76. The standard InChI is InChI=1S/C10H21NO2S/c1-5-13-6-8(4)11-10(12)9(14)7(2)3/h7-9,14H,5-6H2,1-4H3,(H,11,12). The normalized spacial score (nSPS) is 15.3. The van der Waals surface area contributed by atoms with Crippen molar-refractivity contribution in [2.75, 3.05) is 13.2 Å². The lowest BCUT2D eigenvalue weighted by molar-refractivity contribution is -0.122. The largest absolute Gasteiger partial charge is 0.380 e. The molecule has 0 aliphatic carbocycles. The predicted octanol–water partition coefficient (Wildman–Crippen LogP) is 1.48. The van der Waals surface area contributed by atoms with Crippen LogP contribution < -0.4 is 5.32 Å². The summed E-state index contributed by atoms with van der Waals surface area (Å²) in [6.07, 6.45) is 0. The van der Waals surface area contributed by atoms with E-state index >= 15 is 0 Å². The molecule has 2 atom stereocenters. The Bertz CT molecular complexity index is 174. The lowest BCUT2D eigenvalue weighted by atomic mass is 10.1. The molecule has 1 N–H and O–H groups in total. The van der Waals surface area contributed by atoms with Crippen molar-refractivity contribution in [3.8, 4) is 0 Å². The number of carbonyl (C=O) groups excluding carboxylic acids is 1. The Morgan fingerprint density at radius 1 is 1.43 bits per heavy atom. The SMILES string of the molecule is CCOCC(C)NC(=O)C(S)C(C)C. The molecule has 0 saturated carbocycles. The molecule has 1 amide bonds. The summed E-state index contributed by atoms with van der Waals surface area (Å²) in [5, 5.41) is 2.62. The average molecular weight is 219 g/mol. The summed E-state index contributed by atoms with van der Waals surface area (Å²) < 4.78 is 5.20. The maximum absolute atomic E-state index is 11.5. The summed E-state index contributed by atoms with van der Waals surface area (Å²) in [5.41, 5.74) is 0. The molecule has 4 heteroatoms. The molecule has 0 spiro atoms. The van der Waals surface area contributed by atoms with Crippen molar-refractivity contribution in [2.45, 2.75) is 39.0 Å². The van der Waals surface area contributed by atoms with Crippen LogP contribution in [-0.2, 0) is 9.53 Å². The molecule has 0 aromatic carbocycles. The molecule has 0 heterocycles. The highest BCUT2D eigenvalue weighted by Gasteiger charge is 2.18. The van der Waals surface area contributed by atoms with E-state index in [2.05, 4.69) is 17.9 Å². The zero-order chi connectivity index (χ0) is 11.1. The molecule has 0 rings (SSSR count). The smallest absolute Gasteiger partial charge is 0.233 e. The quantitative estimate of drug-likeness (QED) is 0.664. The van der Waals surface area contributed by atoms with Crippen LogP contribution in [0.3, 0.4) is 0 Å². The number of rotatable bonds is 6. The molecule has 0 bridgehead atoms. The molecular formula is C10H21NO2S. The Morgan fingerprint density at radius 2 is 2.00 bits per heavy atom. The predicted molar refractivity (Wildman–Crippen MR) is 61.7 cm³/mol. The third-order valence-electron chi connectivity index (χ3n) is 1.86. The molecule has 0 aromatic heterocycles. The molecule has 0 radical (unpaired) electrons. The van der Waals surface area contributed by atoms with Crippen molar-refractivity contribution in [1.29, 1.82) is 0 Å². The fourth-order valence-electron chi connectivity index (χ4n) is 0.967. The minimum atomic E-state index is -0.237. The van der Waals surface area contributed by atoms with E-state index in [9.17, 15) is 4.79 Å². The highest BCUT2D eigenvalue weighted by molar-refractivity contribution is 7.81. The first-order valence-corrected chi connectivity index (χ1v) is 5.56. The summed E-state index contributed by atoms with van der Waals surface area (Å²) in [4.78, 5) is 11.5. The van der Waals surface area contributed by atoms with E-state index in [1.807, 2.05) is 27.7 Å². The molecule has 0 aromatic rings. The van der Waals surface area contributed by atoms with Crippen LogP contribution in [0.2, 0.25) is 0 Å². The van der Waals surface area contributed by atoms with Crippen molar-refractivity contribution in [2.24, 2.45) is 5.92 Å². The highest BCUT2D eigenvalue weighted by atomic mass is 32.1. The highest BCUT2D eigenvalue weighted by Crippen LogP contribution is 2.08. The molecule has 0 aliphatic heterocycles. The molecule has 2 unspecified atom stereocenters. The lowest BCUT2D eigenvalue weighted by Gasteiger charge is -2.18.